The second-order valence-corrected chi connectivity index (χ2v) is 7.87. The number of carboxylic acids is 1. The highest BCUT2D eigenvalue weighted by Gasteiger charge is 2.30. The largest absolute Gasteiger partial charge is 0.481 e. The number of nitrogens with one attached hydrogen (secondary N) is 1. The monoisotopic (exact) mass is 397 g/mol. The van der Waals surface area contributed by atoms with Gasteiger partial charge >= 0.3 is 12.1 Å². The van der Waals surface area contributed by atoms with Gasteiger partial charge in [-0.1, -0.05) is 62.4 Å². The van der Waals surface area contributed by atoms with Gasteiger partial charge < -0.3 is 20.3 Å². The van der Waals surface area contributed by atoms with Crippen LogP contribution in [0, 0.1) is 5.92 Å². The summed E-state index contributed by atoms with van der Waals surface area (Å²) in [5.41, 5.74) is 4.52. The van der Waals surface area contributed by atoms with Crippen molar-refractivity contribution in [2.75, 3.05) is 6.61 Å². The number of aliphatic carboxylic acids is 1. The molecule has 0 aromatic heterocycles. The summed E-state index contributed by atoms with van der Waals surface area (Å²) in [7, 11) is 0. The predicted octanol–water partition coefficient (Wildman–Crippen LogP) is 3.78. The van der Waals surface area contributed by atoms with E-state index in [0.717, 1.165) is 22.3 Å². The lowest BCUT2D eigenvalue weighted by Gasteiger charge is -2.25. The van der Waals surface area contributed by atoms with Crippen LogP contribution in [0.4, 0.5) is 4.79 Å². The van der Waals surface area contributed by atoms with Gasteiger partial charge in [0.2, 0.25) is 0 Å². The maximum Gasteiger partial charge on any atom is 0.407 e. The van der Waals surface area contributed by atoms with Crippen LogP contribution in [0.5, 0.6) is 0 Å². The number of fused-ring (bicyclic) bond motifs is 3. The molecule has 0 aliphatic heterocycles. The summed E-state index contributed by atoms with van der Waals surface area (Å²) in [5.74, 6) is -0.987. The Labute approximate surface area is 170 Å². The Kier molecular flexibility index (Phi) is 6.54. The fourth-order valence-corrected chi connectivity index (χ4v) is 3.93. The van der Waals surface area contributed by atoms with Gasteiger partial charge in [-0.05, 0) is 34.6 Å². The van der Waals surface area contributed by atoms with Crippen molar-refractivity contribution in [1.29, 1.82) is 0 Å². The van der Waals surface area contributed by atoms with E-state index < -0.39 is 30.6 Å². The number of benzene rings is 2. The van der Waals surface area contributed by atoms with Gasteiger partial charge in [-0.2, -0.15) is 0 Å². The first-order valence-electron chi connectivity index (χ1n) is 9.88. The summed E-state index contributed by atoms with van der Waals surface area (Å²) in [5, 5.41) is 21.7. The number of carbonyl (C=O) groups excluding carboxylic acids is 1. The van der Waals surface area contributed by atoms with E-state index in [2.05, 4.69) is 17.4 Å². The summed E-state index contributed by atoms with van der Waals surface area (Å²) in [6.07, 6.45) is -1.79. The minimum absolute atomic E-state index is 0.0550. The van der Waals surface area contributed by atoms with E-state index in [1.807, 2.05) is 50.2 Å². The summed E-state index contributed by atoms with van der Waals surface area (Å²) < 4.78 is 5.50. The van der Waals surface area contributed by atoms with Crippen LogP contribution in [0.2, 0.25) is 0 Å². The minimum atomic E-state index is -1.17. The SMILES string of the molecule is CC(C)C[C@@H](NC(=O)OCC1c2ccccc2-c2ccccc21)[C@@H](O)CC(=O)O. The molecule has 2 aromatic carbocycles. The van der Waals surface area contributed by atoms with Crippen LogP contribution < -0.4 is 5.32 Å². The highest BCUT2D eigenvalue weighted by Crippen LogP contribution is 2.44. The molecule has 0 bridgehead atoms. The number of rotatable bonds is 8. The topological polar surface area (TPSA) is 95.9 Å². The van der Waals surface area contributed by atoms with Gasteiger partial charge in [-0.25, -0.2) is 4.79 Å². The van der Waals surface area contributed by atoms with Crippen molar-refractivity contribution in [3.63, 3.8) is 0 Å². The highest BCUT2D eigenvalue weighted by molar-refractivity contribution is 5.79. The number of amides is 1. The first-order valence-corrected chi connectivity index (χ1v) is 9.88. The summed E-state index contributed by atoms with van der Waals surface area (Å²) in [6.45, 7) is 4.06. The molecule has 0 unspecified atom stereocenters. The van der Waals surface area contributed by atoms with Crippen LogP contribution in [0.15, 0.2) is 48.5 Å². The molecular formula is C23H27NO5. The Hall–Kier alpha value is -2.86. The maximum atomic E-state index is 12.4. The molecule has 1 aliphatic carbocycles. The van der Waals surface area contributed by atoms with Crippen molar-refractivity contribution in [1.82, 2.24) is 5.32 Å². The molecule has 3 N–H and O–H groups in total. The zero-order valence-corrected chi connectivity index (χ0v) is 16.7. The van der Waals surface area contributed by atoms with E-state index in [1.165, 1.54) is 0 Å². The molecule has 0 saturated heterocycles. The Morgan fingerprint density at radius 3 is 2.10 bits per heavy atom. The first kappa shape index (κ1) is 20.9. The third-order valence-electron chi connectivity index (χ3n) is 5.22. The number of ether oxygens (including phenoxy) is 1. The van der Waals surface area contributed by atoms with Gasteiger partial charge in [0.1, 0.15) is 6.61 Å². The Morgan fingerprint density at radius 1 is 1.03 bits per heavy atom. The Bertz CT molecular complexity index is 834. The van der Waals surface area contributed by atoms with Crippen LogP contribution >= 0.6 is 0 Å². The summed E-state index contributed by atoms with van der Waals surface area (Å²) in [6, 6.07) is 15.5. The van der Waals surface area contributed by atoms with E-state index in [9.17, 15) is 14.7 Å². The zero-order valence-electron chi connectivity index (χ0n) is 16.7. The molecule has 2 aromatic rings. The smallest absolute Gasteiger partial charge is 0.407 e. The summed E-state index contributed by atoms with van der Waals surface area (Å²) >= 11 is 0. The van der Waals surface area contributed by atoms with Crippen molar-refractivity contribution in [3.05, 3.63) is 59.7 Å². The van der Waals surface area contributed by atoms with Crippen LogP contribution in [-0.4, -0.2) is 41.0 Å². The number of carbonyl (C=O) groups is 2. The lowest BCUT2D eigenvalue weighted by atomic mass is 9.97. The fraction of sp³-hybridized carbons (Fsp3) is 0.391. The lowest BCUT2D eigenvalue weighted by Crippen LogP contribution is -2.45. The lowest BCUT2D eigenvalue weighted by molar-refractivity contribution is -0.139. The average molecular weight is 397 g/mol. The second kappa shape index (κ2) is 9.09. The van der Waals surface area contributed by atoms with Crippen LogP contribution in [-0.2, 0) is 9.53 Å². The number of aliphatic hydroxyl groups excluding tert-OH is 1. The number of aliphatic hydroxyl groups is 1. The van der Waals surface area contributed by atoms with Gasteiger partial charge in [-0.15, -0.1) is 0 Å². The zero-order chi connectivity index (χ0) is 21.0. The molecule has 1 amide bonds. The minimum Gasteiger partial charge on any atom is -0.481 e. The predicted molar refractivity (Wildman–Crippen MR) is 110 cm³/mol. The Morgan fingerprint density at radius 2 is 1.59 bits per heavy atom. The number of alkyl carbamates (subject to hydrolysis) is 1. The molecule has 0 heterocycles. The van der Waals surface area contributed by atoms with Gasteiger partial charge in [0.25, 0.3) is 0 Å². The van der Waals surface area contributed by atoms with Gasteiger partial charge in [0.05, 0.1) is 18.6 Å². The van der Waals surface area contributed by atoms with E-state index in [-0.39, 0.29) is 18.4 Å². The van der Waals surface area contributed by atoms with Crippen LogP contribution in [0.3, 0.4) is 0 Å². The van der Waals surface area contributed by atoms with Crippen molar-refractivity contribution in [2.24, 2.45) is 5.92 Å². The van der Waals surface area contributed by atoms with Crippen molar-refractivity contribution in [3.8, 4) is 11.1 Å². The van der Waals surface area contributed by atoms with Gasteiger partial charge in [0.15, 0.2) is 0 Å². The molecule has 0 spiro atoms. The number of hydrogen-bond acceptors (Lipinski definition) is 4. The van der Waals surface area contributed by atoms with E-state index in [0.29, 0.717) is 6.42 Å². The molecule has 6 heteroatoms. The van der Waals surface area contributed by atoms with Crippen LogP contribution in [0.25, 0.3) is 11.1 Å². The van der Waals surface area contributed by atoms with Crippen molar-refractivity contribution < 1.29 is 24.5 Å². The molecule has 3 rings (SSSR count). The third-order valence-corrected chi connectivity index (χ3v) is 5.22. The summed E-state index contributed by atoms with van der Waals surface area (Å²) in [4.78, 5) is 23.3. The first-order chi connectivity index (χ1) is 13.9. The molecule has 6 nitrogen and oxygen atoms in total. The molecule has 2 atom stereocenters. The quantitative estimate of drug-likeness (QED) is 0.630. The second-order valence-electron chi connectivity index (χ2n) is 7.87. The Balaban J connectivity index is 1.67. The van der Waals surface area contributed by atoms with Crippen molar-refractivity contribution in [2.45, 2.75) is 44.8 Å². The van der Waals surface area contributed by atoms with E-state index in [1.54, 1.807) is 0 Å². The van der Waals surface area contributed by atoms with Crippen molar-refractivity contribution >= 4 is 12.1 Å². The standard InChI is InChI=1S/C23H27NO5/c1-14(2)11-20(21(25)12-22(26)27)24-23(28)29-13-19-17-9-5-3-7-15(17)16-8-4-6-10-18(16)19/h3-10,14,19-21,25H,11-13H2,1-2H3,(H,24,28)(H,26,27)/t20-,21+/m1/s1. The molecule has 1 aliphatic rings. The van der Waals surface area contributed by atoms with Gasteiger partial charge in [-0.3, -0.25) is 4.79 Å². The van der Waals surface area contributed by atoms with Gasteiger partial charge in [0, 0.05) is 5.92 Å². The molecule has 0 radical (unpaired) electrons. The molecule has 154 valence electrons. The third kappa shape index (κ3) is 4.95. The molecule has 0 saturated carbocycles. The number of carboxylic acid groups (broad SMARTS) is 1. The maximum absolute atomic E-state index is 12.4. The number of hydrogen-bond donors (Lipinski definition) is 3. The highest BCUT2D eigenvalue weighted by atomic mass is 16.5. The normalized spacial score (nSPS) is 14.8. The van der Waals surface area contributed by atoms with E-state index in [4.69, 9.17) is 9.84 Å². The molecule has 0 fully saturated rings. The fourth-order valence-electron chi connectivity index (χ4n) is 3.93. The molecule has 29 heavy (non-hydrogen) atoms. The molecular weight excluding hydrogens is 370 g/mol. The average Bonchev–Trinajstić information content (AvgIpc) is 2.99. The van der Waals surface area contributed by atoms with E-state index >= 15 is 0 Å². The van der Waals surface area contributed by atoms with Crippen LogP contribution in [0.1, 0.15) is 43.7 Å².